The van der Waals surface area contributed by atoms with E-state index in [4.69, 9.17) is 17.3 Å². The Morgan fingerprint density at radius 2 is 1.82 bits per heavy atom. The largest absolute Gasteiger partial charge is 0.323 e. The molecule has 1 unspecified atom stereocenters. The third kappa shape index (κ3) is 4.20. The molecule has 1 fully saturated rings. The van der Waals surface area contributed by atoms with Gasteiger partial charge in [0.2, 0.25) is 0 Å². The Morgan fingerprint density at radius 1 is 1.18 bits per heavy atom. The Kier molecular flexibility index (Phi) is 5.20. The van der Waals surface area contributed by atoms with Gasteiger partial charge in [-0.25, -0.2) is 0 Å². The minimum Gasteiger partial charge on any atom is -0.323 e. The molecule has 1 atom stereocenters. The van der Waals surface area contributed by atoms with Crippen LogP contribution in [0.2, 0.25) is 5.02 Å². The van der Waals surface area contributed by atoms with Crippen molar-refractivity contribution in [2.24, 2.45) is 5.73 Å². The summed E-state index contributed by atoms with van der Waals surface area (Å²) < 4.78 is 0. The number of rotatable bonds is 4. The molecular formula is C14H20ClNS. The summed E-state index contributed by atoms with van der Waals surface area (Å²) in [6.07, 6.45) is 6.96. The predicted octanol–water partition coefficient (Wildman–Crippen LogP) is 4.41. The zero-order valence-electron chi connectivity index (χ0n) is 10.1. The maximum atomic E-state index is 6.20. The van der Waals surface area contributed by atoms with Crippen LogP contribution in [0.5, 0.6) is 0 Å². The molecule has 0 bridgehead atoms. The van der Waals surface area contributed by atoms with E-state index in [1.807, 2.05) is 36.0 Å². The first-order valence-corrected chi connectivity index (χ1v) is 7.81. The topological polar surface area (TPSA) is 26.0 Å². The molecule has 0 heterocycles. The lowest BCUT2D eigenvalue weighted by molar-refractivity contribution is 0.515. The smallest absolute Gasteiger partial charge is 0.0406 e. The lowest BCUT2D eigenvalue weighted by Crippen LogP contribution is -2.16. The first-order chi connectivity index (χ1) is 8.25. The minimum atomic E-state index is 0.138. The van der Waals surface area contributed by atoms with Crippen LogP contribution < -0.4 is 5.73 Å². The summed E-state index contributed by atoms with van der Waals surface area (Å²) in [5.74, 6) is 1.02. The predicted molar refractivity (Wildman–Crippen MR) is 77.7 cm³/mol. The lowest BCUT2D eigenvalue weighted by atomic mass is 10.0. The van der Waals surface area contributed by atoms with Crippen molar-refractivity contribution in [3.8, 4) is 0 Å². The quantitative estimate of drug-likeness (QED) is 0.876. The Balaban J connectivity index is 1.80. The van der Waals surface area contributed by atoms with E-state index in [2.05, 4.69) is 0 Å². The fourth-order valence-electron chi connectivity index (χ4n) is 2.28. The highest BCUT2D eigenvalue weighted by Crippen LogP contribution is 2.30. The molecule has 1 aromatic rings. The fraction of sp³-hybridized carbons (Fsp3) is 0.571. The summed E-state index contributed by atoms with van der Waals surface area (Å²) >= 11 is 7.92. The molecule has 1 saturated carbocycles. The molecule has 94 valence electrons. The van der Waals surface area contributed by atoms with Gasteiger partial charge in [0.15, 0.2) is 0 Å². The van der Waals surface area contributed by atoms with Gasteiger partial charge in [-0.1, -0.05) is 43.0 Å². The summed E-state index contributed by atoms with van der Waals surface area (Å²) in [5.41, 5.74) is 7.39. The van der Waals surface area contributed by atoms with Crippen molar-refractivity contribution in [3.05, 3.63) is 34.9 Å². The zero-order valence-corrected chi connectivity index (χ0v) is 11.6. The molecule has 3 heteroatoms. The summed E-state index contributed by atoms with van der Waals surface area (Å²) in [6, 6.07) is 8.05. The number of thioether (sulfide) groups is 1. The summed E-state index contributed by atoms with van der Waals surface area (Å²) in [7, 11) is 0. The molecule has 0 amide bonds. The first-order valence-electron chi connectivity index (χ1n) is 6.38. The van der Waals surface area contributed by atoms with Gasteiger partial charge in [0.1, 0.15) is 0 Å². The van der Waals surface area contributed by atoms with Crippen molar-refractivity contribution in [2.75, 3.05) is 5.75 Å². The summed E-state index contributed by atoms with van der Waals surface area (Å²) in [5, 5.41) is 1.61. The van der Waals surface area contributed by atoms with Crippen LogP contribution in [-0.2, 0) is 0 Å². The van der Waals surface area contributed by atoms with Gasteiger partial charge < -0.3 is 5.73 Å². The second-order valence-electron chi connectivity index (χ2n) is 4.75. The second kappa shape index (κ2) is 6.67. The third-order valence-electron chi connectivity index (χ3n) is 3.36. The van der Waals surface area contributed by atoms with Crippen LogP contribution in [0.4, 0.5) is 0 Å². The Labute approximate surface area is 113 Å². The van der Waals surface area contributed by atoms with E-state index >= 15 is 0 Å². The van der Waals surface area contributed by atoms with Crippen LogP contribution in [0.25, 0.3) is 0 Å². The van der Waals surface area contributed by atoms with E-state index in [0.29, 0.717) is 0 Å². The van der Waals surface area contributed by atoms with E-state index in [-0.39, 0.29) is 6.04 Å². The van der Waals surface area contributed by atoms with Crippen LogP contribution in [0, 0.1) is 0 Å². The van der Waals surface area contributed by atoms with E-state index in [1.54, 1.807) is 0 Å². The molecule has 1 aliphatic rings. The SMILES string of the molecule is NC(CSC1CCCCC1)c1ccc(Cl)cc1. The highest BCUT2D eigenvalue weighted by molar-refractivity contribution is 7.99. The minimum absolute atomic E-state index is 0.138. The Morgan fingerprint density at radius 3 is 2.47 bits per heavy atom. The van der Waals surface area contributed by atoms with Crippen molar-refractivity contribution in [3.63, 3.8) is 0 Å². The average Bonchev–Trinajstić information content (AvgIpc) is 2.38. The van der Waals surface area contributed by atoms with E-state index in [1.165, 1.54) is 37.7 Å². The summed E-state index contributed by atoms with van der Waals surface area (Å²) in [4.78, 5) is 0. The van der Waals surface area contributed by atoms with Crippen LogP contribution in [0.1, 0.15) is 43.7 Å². The standard InChI is InChI=1S/C14H20ClNS/c15-12-8-6-11(7-9-12)14(16)10-17-13-4-2-1-3-5-13/h6-9,13-14H,1-5,10,16H2. The van der Waals surface area contributed by atoms with E-state index in [0.717, 1.165) is 16.0 Å². The third-order valence-corrected chi connectivity index (χ3v) is 5.11. The van der Waals surface area contributed by atoms with Crippen LogP contribution in [-0.4, -0.2) is 11.0 Å². The molecule has 0 saturated heterocycles. The highest BCUT2D eigenvalue weighted by Gasteiger charge is 2.15. The monoisotopic (exact) mass is 269 g/mol. The average molecular weight is 270 g/mol. The van der Waals surface area contributed by atoms with Crippen LogP contribution >= 0.6 is 23.4 Å². The fourth-order valence-corrected chi connectivity index (χ4v) is 3.74. The van der Waals surface area contributed by atoms with E-state index in [9.17, 15) is 0 Å². The van der Waals surface area contributed by atoms with Gasteiger partial charge in [-0.2, -0.15) is 11.8 Å². The van der Waals surface area contributed by atoms with E-state index < -0.39 is 0 Å². The van der Waals surface area contributed by atoms with Gasteiger partial charge in [-0.3, -0.25) is 0 Å². The van der Waals surface area contributed by atoms with Crippen molar-refractivity contribution >= 4 is 23.4 Å². The van der Waals surface area contributed by atoms with Crippen molar-refractivity contribution in [1.82, 2.24) is 0 Å². The zero-order chi connectivity index (χ0) is 12.1. The number of benzene rings is 1. The number of hydrogen-bond donors (Lipinski definition) is 1. The molecule has 1 aromatic carbocycles. The lowest BCUT2D eigenvalue weighted by Gasteiger charge is -2.22. The second-order valence-corrected chi connectivity index (χ2v) is 6.52. The van der Waals surface area contributed by atoms with Gasteiger partial charge in [-0.15, -0.1) is 0 Å². The van der Waals surface area contributed by atoms with Gasteiger partial charge in [0, 0.05) is 22.1 Å². The Bertz CT molecular complexity index is 333. The van der Waals surface area contributed by atoms with Gasteiger partial charge in [0.25, 0.3) is 0 Å². The maximum Gasteiger partial charge on any atom is 0.0406 e. The normalized spacial score (nSPS) is 19.2. The molecule has 1 aliphatic carbocycles. The molecule has 0 aliphatic heterocycles. The van der Waals surface area contributed by atoms with Crippen molar-refractivity contribution in [2.45, 2.75) is 43.4 Å². The van der Waals surface area contributed by atoms with Crippen LogP contribution in [0.3, 0.4) is 0 Å². The van der Waals surface area contributed by atoms with Gasteiger partial charge >= 0.3 is 0 Å². The Hall–Kier alpha value is -0.180. The molecule has 17 heavy (non-hydrogen) atoms. The maximum absolute atomic E-state index is 6.20. The molecular weight excluding hydrogens is 250 g/mol. The summed E-state index contributed by atoms with van der Waals surface area (Å²) in [6.45, 7) is 0. The molecule has 1 nitrogen and oxygen atoms in total. The first kappa shape index (κ1) is 13.3. The number of halogens is 1. The van der Waals surface area contributed by atoms with Crippen molar-refractivity contribution < 1.29 is 0 Å². The molecule has 2 N–H and O–H groups in total. The van der Waals surface area contributed by atoms with Gasteiger partial charge in [-0.05, 0) is 30.5 Å². The molecule has 0 radical (unpaired) electrons. The molecule has 0 aromatic heterocycles. The number of nitrogens with two attached hydrogens (primary N) is 1. The highest BCUT2D eigenvalue weighted by atomic mass is 35.5. The van der Waals surface area contributed by atoms with Crippen molar-refractivity contribution in [1.29, 1.82) is 0 Å². The number of hydrogen-bond acceptors (Lipinski definition) is 2. The van der Waals surface area contributed by atoms with Gasteiger partial charge in [0.05, 0.1) is 0 Å². The van der Waals surface area contributed by atoms with Crippen LogP contribution in [0.15, 0.2) is 24.3 Å². The molecule has 2 rings (SSSR count). The molecule has 0 spiro atoms.